The van der Waals surface area contributed by atoms with Crippen molar-refractivity contribution in [3.05, 3.63) is 24.3 Å². The number of piperidine rings is 1. The van der Waals surface area contributed by atoms with Crippen LogP contribution in [0.4, 0.5) is 5.69 Å². The van der Waals surface area contributed by atoms with E-state index in [1.165, 1.54) is 25.9 Å². The number of ether oxygens (including phenoxy) is 2. The van der Waals surface area contributed by atoms with E-state index in [1.807, 2.05) is 31.2 Å². The molecule has 0 unspecified atom stereocenters. The lowest BCUT2D eigenvalue weighted by Crippen LogP contribution is -2.43. The van der Waals surface area contributed by atoms with Crippen LogP contribution in [-0.4, -0.2) is 49.3 Å². The zero-order chi connectivity index (χ0) is 20.4. The molecule has 5 heteroatoms. The first kappa shape index (κ1) is 22.7. The fraction of sp³-hybridized carbons (Fsp3) is 0.696. The quantitative estimate of drug-likeness (QED) is 0.594. The van der Waals surface area contributed by atoms with Gasteiger partial charge in [-0.25, -0.2) is 0 Å². The van der Waals surface area contributed by atoms with Crippen LogP contribution in [0.1, 0.15) is 59.8 Å². The van der Waals surface area contributed by atoms with Gasteiger partial charge in [0.05, 0.1) is 0 Å². The highest BCUT2D eigenvalue weighted by Gasteiger charge is 2.33. The van der Waals surface area contributed by atoms with Crippen molar-refractivity contribution in [1.82, 2.24) is 4.90 Å². The Morgan fingerprint density at radius 3 is 2.61 bits per heavy atom. The van der Waals surface area contributed by atoms with Crippen molar-refractivity contribution in [2.24, 2.45) is 5.92 Å². The highest BCUT2D eigenvalue weighted by molar-refractivity contribution is 5.97. The van der Waals surface area contributed by atoms with Gasteiger partial charge in [-0.05, 0) is 69.3 Å². The molecule has 1 aromatic rings. The Hall–Kier alpha value is -1.59. The number of hydrogen-bond acceptors (Lipinski definition) is 4. The van der Waals surface area contributed by atoms with Crippen molar-refractivity contribution >= 4 is 11.6 Å². The predicted molar refractivity (Wildman–Crippen MR) is 115 cm³/mol. The van der Waals surface area contributed by atoms with Crippen molar-refractivity contribution in [1.29, 1.82) is 0 Å². The maximum absolute atomic E-state index is 12.7. The minimum atomic E-state index is -0.786. The van der Waals surface area contributed by atoms with E-state index < -0.39 is 5.60 Å². The number of carbonyl (C=O) groups is 1. The van der Waals surface area contributed by atoms with Crippen LogP contribution in [0.25, 0.3) is 0 Å². The van der Waals surface area contributed by atoms with Gasteiger partial charge in [-0.2, -0.15) is 0 Å². The number of hydrogen-bond donors (Lipinski definition) is 1. The van der Waals surface area contributed by atoms with Gasteiger partial charge >= 0.3 is 0 Å². The van der Waals surface area contributed by atoms with Gasteiger partial charge in [0.1, 0.15) is 18.0 Å². The molecule has 0 aromatic heterocycles. The third kappa shape index (κ3) is 7.10. The molecule has 0 spiro atoms. The molecule has 1 heterocycles. The molecule has 1 aromatic carbocycles. The molecule has 1 amide bonds. The summed E-state index contributed by atoms with van der Waals surface area (Å²) in [6, 6.07) is 7.61. The molecule has 2 rings (SSSR count). The molecule has 0 aliphatic carbocycles. The van der Waals surface area contributed by atoms with Crippen molar-refractivity contribution < 1.29 is 14.3 Å². The standard InChI is InChI=1S/C23H38N2O3/c1-5-13-23(4,28-16-6-2)22(26)24-20-9-11-21(12-10-20)27-17-15-25-14-7-8-19(3)18-25/h9-12,19H,5-8,13-18H2,1-4H3,(H,24,26)/t19-,23+/m0/s1. The molecule has 0 saturated carbocycles. The van der Waals surface area contributed by atoms with Gasteiger partial charge < -0.3 is 14.8 Å². The van der Waals surface area contributed by atoms with Gasteiger partial charge in [-0.1, -0.05) is 27.2 Å². The van der Waals surface area contributed by atoms with Gasteiger partial charge in [0, 0.05) is 25.4 Å². The lowest BCUT2D eigenvalue weighted by Gasteiger charge is -2.30. The molecule has 1 fully saturated rings. The highest BCUT2D eigenvalue weighted by atomic mass is 16.5. The summed E-state index contributed by atoms with van der Waals surface area (Å²) in [6.45, 7) is 12.9. The Balaban J connectivity index is 1.81. The van der Waals surface area contributed by atoms with Crippen LogP contribution in [0.15, 0.2) is 24.3 Å². The van der Waals surface area contributed by atoms with Gasteiger partial charge in [-0.3, -0.25) is 9.69 Å². The summed E-state index contributed by atoms with van der Waals surface area (Å²) in [6.07, 6.45) is 5.13. The molecule has 5 nitrogen and oxygen atoms in total. The summed E-state index contributed by atoms with van der Waals surface area (Å²) in [5, 5.41) is 2.99. The monoisotopic (exact) mass is 390 g/mol. The van der Waals surface area contributed by atoms with E-state index >= 15 is 0 Å². The van der Waals surface area contributed by atoms with Crippen LogP contribution < -0.4 is 10.1 Å². The maximum Gasteiger partial charge on any atom is 0.256 e. The maximum atomic E-state index is 12.7. The lowest BCUT2D eigenvalue weighted by atomic mass is 9.99. The Kier molecular flexibility index (Phi) is 9.26. The summed E-state index contributed by atoms with van der Waals surface area (Å²) in [4.78, 5) is 15.2. The Bertz CT molecular complexity index is 590. The number of nitrogens with zero attached hydrogens (tertiary/aromatic N) is 1. The van der Waals surface area contributed by atoms with Crippen LogP contribution in [0, 0.1) is 5.92 Å². The minimum Gasteiger partial charge on any atom is -0.492 e. The lowest BCUT2D eigenvalue weighted by molar-refractivity contribution is -0.140. The average Bonchev–Trinajstić information content (AvgIpc) is 2.68. The van der Waals surface area contributed by atoms with Gasteiger partial charge in [0.25, 0.3) is 5.91 Å². The number of rotatable bonds is 11. The third-order valence-corrected chi connectivity index (χ3v) is 5.36. The Morgan fingerprint density at radius 2 is 1.96 bits per heavy atom. The average molecular weight is 391 g/mol. The molecule has 0 bridgehead atoms. The Labute approximate surface area is 170 Å². The minimum absolute atomic E-state index is 0.0873. The van der Waals surface area contributed by atoms with E-state index in [0.717, 1.165) is 36.7 Å². The summed E-state index contributed by atoms with van der Waals surface area (Å²) in [5.74, 6) is 1.54. The number of amides is 1. The normalized spacial score (nSPS) is 19.8. The second-order valence-electron chi connectivity index (χ2n) is 8.20. The number of nitrogens with one attached hydrogen (secondary N) is 1. The van der Waals surface area contributed by atoms with Crippen molar-refractivity contribution in [2.75, 3.05) is 38.2 Å². The fourth-order valence-electron chi connectivity index (χ4n) is 3.74. The molecular formula is C23H38N2O3. The summed E-state index contributed by atoms with van der Waals surface area (Å²) < 4.78 is 11.7. The molecule has 158 valence electrons. The topological polar surface area (TPSA) is 50.8 Å². The van der Waals surface area contributed by atoms with Crippen LogP contribution in [0.2, 0.25) is 0 Å². The molecule has 2 atom stereocenters. The summed E-state index contributed by atoms with van der Waals surface area (Å²) in [7, 11) is 0. The molecule has 0 radical (unpaired) electrons. The van der Waals surface area contributed by atoms with Gasteiger partial charge in [0.15, 0.2) is 0 Å². The van der Waals surface area contributed by atoms with Crippen molar-refractivity contribution in [3.63, 3.8) is 0 Å². The summed E-state index contributed by atoms with van der Waals surface area (Å²) in [5.41, 5.74) is -0.0180. The van der Waals surface area contributed by atoms with E-state index in [2.05, 4.69) is 31.0 Å². The Morgan fingerprint density at radius 1 is 1.21 bits per heavy atom. The fourth-order valence-corrected chi connectivity index (χ4v) is 3.74. The number of likely N-dealkylation sites (tertiary alicyclic amines) is 1. The second kappa shape index (κ2) is 11.4. The molecule has 1 N–H and O–H groups in total. The van der Waals surface area contributed by atoms with Crippen LogP contribution in [-0.2, 0) is 9.53 Å². The molecular weight excluding hydrogens is 352 g/mol. The van der Waals surface area contributed by atoms with Gasteiger partial charge in [-0.15, -0.1) is 0 Å². The van der Waals surface area contributed by atoms with Crippen LogP contribution >= 0.6 is 0 Å². The zero-order valence-corrected chi connectivity index (χ0v) is 18.1. The summed E-state index contributed by atoms with van der Waals surface area (Å²) >= 11 is 0. The second-order valence-corrected chi connectivity index (χ2v) is 8.20. The highest BCUT2D eigenvalue weighted by Crippen LogP contribution is 2.22. The van der Waals surface area contributed by atoms with Gasteiger partial charge in [0.2, 0.25) is 0 Å². The molecule has 28 heavy (non-hydrogen) atoms. The third-order valence-electron chi connectivity index (χ3n) is 5.36. The van der Waals surface area contributed by atoms with E-state index in [0.29, 0.717) is 19.6 Å². The van der Waals surface area contributed by atoms with E-state index in [9.17, 15) is 4.79 Å². The number of benzene rings is 1. The van der Waals surface area contributed by atoms with E-state index in [1.54, 1.807) is 0 Å². The van der Waals surface area contributed by atoms with Crippen molar-refractivity contribution in [2.45, 2.75) is 65.4 Å². The zero-order valence-electron chi connectivity index (χ0n) is 18.1. The predicted octanol–water partition coefficient (Wildman–Crippen LogP) is 4.72. The van der Waals surface area contributed by atoms with Crippen LogP contribution in [0.3, 0.4) is 0 Å². The SMILES string of the molecule is CCCO[C@](C)(CCC)C(=O)Nc1ccc(OCCN2CCC[C@H](C)C2)cc1. The first-order chi connectivity index (χ1) is 13.5. The van der Waals surface area contributed by atoms with E-state index in [4.69, 9.17) is 9.47 Å². The van der Waals surface area contributed by atoms with Crippen molar-refractivity contribution in [3.8, 4) is 5.75 Å². The number of anilines is 1. The van der Waals surface area contributed by atoms with Crippen LogP contribution in [0.5, 0.6) is 5.75 Å². The molecule has 1 aliphatic rings. The number of carbonyl (C=O) groups excluding carboxylic acids is 1. The van der Waals surface area contributed by atoms with E-state index in [-0.39, 0.29) is 5.91 Å². The first-order valence-corrected chi connectivity index (χ1v) is 10.9. The molecule has 1 aliphatic heterocycles. The first-order valence-electron chi connectivity index (χ1n) is 10.9. The molecule has 1 saturated heterocycles. The smallest absolute Gasteiger partial charge is 0.256 e. The largest absolute Gasteiger partial charge is 0.492 e.